The van der Waals surface area contributed by atoms with Crippen molar-refractivity contribution in [3.8, 4) is 0 Å². The van der Waals surface area contributed by atoms with E-state index in [4.69, 9.17) is 0 Å². The van der Waals surface area contributed by atoms with Gasteiger partial charge in [-0.05, 0) is 13.3 Å². The SMILES string of the molecule is CCCCc1nc(SCC(=O)Nc2nnc(C)s2)c2c(=O)n(C)c(=O)n(C)c2n1. The lowest BCUT2D eigenvalue weighted by molar-refractivity contribution is -0.113. The van der Waals surface area contributed by atoms with Gasteiger partial charge in [0.2, 0.25) is 11.0 Å². The number of aromatic nitrogens is 6. The Bertz CT molecular complexity index is 1180. The number of rotatable bonds is 7. The van der Waals surface area contributed by atoms with Gasteiger partial charge < -0.3 is 0 Å². The minimum absolute atomic E-state index is 0.0317. The highest BCUT2D eigenvalue weighted by atomic mass is 32.2. The predicted octanol–water partition coefficient (Wildman–Crippen LogP) is 1.26. The number of hydrogen-bond acceptors (Lipinski definition) is 9. The second kappa shape index (κ2) is 8.82. The smallest absolute Gasteiger partial charge is 0.300 e. The maximum absolute atomic E-state index is 12.7. The summed E-state index contributed by atoms with van der Waals surface area (Å²) in [6.45, 7) is 3.86. The van der Waals surface area contributed by atoms with E-state index in [9.17, 15) is 14.4 Å². The average molecular weight is 436 g/mol. The van der Waals surface area contributed by atoms with E-state index in [1.807, 2.05) is 0 Å². The molecule has 0 bridgehead atoms. The Labute approximate surface area is 174 Å². The summed E-state index contributed by atoms with van der Waals surface area (Å²) < 4.78 is 2.35. The molecular formula is C17H21N7O3S2. The van der Waals surface area contributed by atoms with Crippen molar-refractivity contribution in [2.45, 2.75) is 38.1 Å². The first-order valence-electron chi connectivity index (χ1n) is 9.01. The molecule has 0 aliphatic heterocycles. The third-order valence-corrected chi connectivity index (χ3v) is 5.91. The zero-order valence-electron chi connectivity index (χ0n) is 16.6. The highest BCUT2D eigenvalue weighted by molar-refractivity contribution is 8.00. The first kappa shape index (κ1) is 21.1. The van der Waals surface area contributed by atoms with Gasteiger partial charge in [0.05, 0.1) is 5.75 Å². The van der Waals surface area contributed by atoms with Crippen LogP contribution >= 0.6 is 23.1 Å². The van der Waals surface area contributed by atoms with Crippen molar-refractivity contribution in [2.75, 3.05) is 11.1 Å². The Morgan fingerprint density at radius 2 is 1.93 bits per heavy atom. The Morgan fingerprint density at radius 1 is 1.17 bits per heavy atom. The fourth-order valence-electron chi connectivity index (χ4n) is 2.66. The number of nitrogens with zero attached hydrogens (tertiary/aromatic N) is 6. The van der Waals surface area contributed by atoms with Crippen LogP contribution in [0.25, 0.3) is 11.0 Å². The molecule has 0 radical (unpaired) electrons. The van der Waals surface area contributed by atoms with Crippen LogP contribution in [0.2, 0.25) is 0 Å². The van der Waals surface area contributed by atoms with Gasteiger partial charge in [-0.2, -0.15) is 0 Å². The molecule has 0 saturated heterocycles. The molecule has 0 aromatic carbocycles. The Morgan fingerprint density at radius 3 is 2.59 bits per heavy atom. The van der Waals surface area contributed by atoms with E-state index < -0.39 is 11.2 Å². The summed E-state index contributed by atoms with van der Waals surface area (Å²) in [6, 6.07) is 0. The van der Waals surface area contributed by atoms with Gasteiger partial charge in [-0.15, -0.1) is 10.2 Å². The summed E-state index contributed by atoms with van der Waals surface area (Å²) in [5.74, 6) is 0.296. The molecule has 0 aliphatic rings. The van der Waals surface area contributed by atoms with Crippen LogP contribution in [0, 0.1) is 6.92 Å². The van der Waals surface area contributed by atoms with Crippen molar-refractivity contribution >= 4 is 45.2 Å². The van der Waals surface area contributed by atoms with E-state index >= 15 is 0 Å². The minimum atomic E-state index is -0.479. The summed E-state index contributed by atoms with van der Waals surface area (Å²) in [6.07, 6.45) is 2.47. The number of fused-ring (bicyclic) bond motifs is 1. The minimum Gasteiger partial charge on any atom is -0.300 e. The molecular weight excluding hydrogens is 414 g/mol. The van der Waals surface area contributed by atoms with Gasteiger partial charge in [-0.3, -0.25) is 24.0 Å². The number of thioether (sulfide) groups is 1. The number of carbonyl (C=O) groups is 1. The van der Waals surface area contributed by atoms with Crippen LogP contribution in [0.3, 0.4) is 0 Å². The Kier molecular flexibility index (Phi) is 6.42. The van der Waals surface area contributed by atoms with E-state index in [0.29, 0.717) is 22.4 Å². The Balaban J connectivity index is 1.97. The number of unbranched alkanes of at least 4 members (excludes halogenated alkanes) is 1. The molecule has 0 aliphatic carbocycles. The summed E-state index contributed by atoms with van der Waals surface area (Å²) in [5.41, 5.74) is -0.655. The standard InChI is InChI=1S/C17H21N7O3S2/c1-5-6-7-10-18-13-12(15(26)24(4)17(27)23(13)3)14(19-10)28-8-11(25)20-16-22-21-9(2)29-16/h5-8H2,1-4H3,(H,20,22,25). The van der Waals surface area contributed by atoms with Gasteiger partial charge in [0, 0.05) is 20.5 Å². The second-order valence-corrected chi connectivity index (χ2v) is 8.56. The number of hydrogen-bond donors (Lipinski definition) is 1. The first-order valence-corrected chi connectivity index (χ1v) is 10.8. The van der Waals surface area contributed by atoms with Crippen molar-refractivity contribution < 1.29 is 4.79 Å². The molecule has 3 heterocycles. The maximum atomic E-state index is 12.7. The fraction of sp³-hybridized carbons (Fsp3) is 0.471. The van der Waals surface area contributed by atoms with Crippen molar-refractivity contribution in [3.05, 3.63) is 31.7 Å². The van der Waals surface area contributed by atoms with Gasteiger partial charge >= 0.3 is 5.69 Å². The van der Waals surface area contributed by atoms with Crippen molar-refractivity contribution in [1.29, 1.82) is 0 Å². The number of aryl methyl sites for hydroxylation is 3. The van der Waals surface area contributed by atoms with E-state index in [1.165, 1.54) is 23.0 Å². The van der Waals surface area contributed by atoms with Gasteiger partial charge in [0.25, 0.3) is 5.56 Å². The van der Waals surface area contributed by atoms with Crippen LogP contribution < -0.4 is 16.6 Å². The molecule has 3 aromatic rings. The quantitative estimate of drug-likeness (QED) is 0.434. The van der Waals surface area contributed by atoms with Crippen molar-refractivity contribution in [3.63, 3.8) is 0 Å². The zero-order chi connectivity index (χ0) is 21.1. The summed E-state index contributed by atoms with van der Waals surface area (Å²) in [4.78, 5) is 46.3. The van der Waals surface area contributed by atoms with Crippen LogP contribution in [0.15, 0.2) is 14.6 Å². The van der Waals surface area contributed by atoms with Gasteiger partial charge in [0.1, 0.15) is 21.2 Å². The highest BCUT2D eigenvalue weighted by Crippen LogP contribution is 2.23. The fourth-order valence-corrected chi connectivity index (χ4v) is 4.10. The summed E-state index contributed by atoms with van der Waals surface area (Å²) >= 11 is 2.41. The van der Waals surface area contributed by atoms with E-state index in [1.54, 1.807) is 14.0 Å². The van der Waals surface area contributed by atoms with E-state index in [0.717, 1.165) is 34.2 Å². The van der Waals surface area contributed by atoms with Crippen molar-refractivity contribution in [2.24, 2.45) is 14.1 Å². The molecule has 154 valence electrons. The van der Waals surface area contributed by atoms with Crippen LogP contribution in [0.4, 0.5) is 5.13 Å². The molecule has 0 atom stereocenters. The highest BCUT2D eigenvalue weighted by Gasteiger charge is 2.18. The maximum Gasteiger partial charge on any atom is 0.332 e. The van der Waals surface area contributed by atoms with Crippen molar-refractivity contribution in [1.82, 2.24) is 29.3 Å². The molecule has 29 heavy (non-hydrogen) atoms. The number of carbonyl (C=O) groups excluding carboxylic acids is 1. The molecule has 12 heteroatoms. The third kappa shape index (κ3) is 4.53. The van der Waals surface area contributed by atoms with Crippen LogP contribution in [0.5, 0.6) is 0 Å². The topological polar surface area (TPSA) is 125 Å². The molecule has 0 unspecified atom stereocenters. The lowest BCUT2D eigenvalue weighted by Crippen LogP contribution is -2.38. The molecule has 1 N–H and O–H groups in total. The summed E-state index contributed by atoms with van der Waals surface area (Å²) in [7, 11) is 2.98. The van der Waals surface area contributed by atoms with Crippen LogP contribution in [-0.2, 0) is 25.3 Å². The van der Waals surface area contributed by atoms with Crippen LogP contribution in [0.1, 0.15) is 30.6 Å². The predicted molar refractivity (Wildman–Crippen MR) is 113 cm³/mol. The third-order valence-electron chi connectivity index (χ3n) is 4.18. The number of nitrogens with one attached hydrogen (secondary N) is 1. The largest absolute Gasteiger partial charge is 0.332 e. The van der Waals surface area contributed by atoms with Gasteiger partial charge in [-0.1, -0.05) is 36.4 Å². The lowest BCUT2D eigenvalue weighted by atomic mass is 10.2. The number of anilines is 1. The molecule has 1 amide bonds. The molecule has 3 aromatic heterocycles. The number of amides is 1. The average Bonchev–Trinajstić information content (AvgIpc) is 3.11. The monoisotopic (exact) mass is 435 g/mol. The molecule has 10 nitrogen and oxygen atoms in total. The van der Waals surface area contributed by atoms with Gasteiger partial charge in [-0.25, -0.2) is 14.8 Å². The first-order chi connectivity index (χ1) is 13.8. The Hall–Kier alpha value is -2.60. The van der Waals surface area contributed by atoms with Gasteiger partial charge in [0.15, 0.2) is 5.65 Å². The lowest BCUT2D eigenvalue weighted by Gasteiger charge is -2.11. The molecule has 0 spiro atoms. The second-order valence-electron chi connectivity index (χ2n) is 6.42. The summed E-state index contributed by atoms with van der Waals surface area (Å²) in [5, 5.41) is 12.2. The van der Waals surface area contributed by atoms with E-state index in [2.05, 4.69) is 32.4 Å². The molecule has 0 saturated carbocycles. The van der Waals surface area contributed by atoms with Crippen LogP contribution in [-0.4, -0.2) is 41.0 Å². The van der Waals surface area contributed by atoms with E-state index in [-0.39, 0.29) is 22.7 Å². The molecule has 3 rings (SSSR count). The normalized spacial score (nSPS) is 11.2. The zero-order valence-corrected chi connectivity index (χ0v) is 18.2. The molecule has 0 fully saturated rings.